The van der Waals surface area contributed by atoms with Crippen LogP contribution in [0.5, 0.6) is 5.75 Å². The van der Waals surface area contributed by atoms with Crippen molar-refractivity contribution in [3.8, 4) is 5.75 Å². The molecule has 0 unspecified atom stereocenters. The number of amides is 2. The summed E-state index contributed by atoms with van der Waals surface area (Å²) in [6.07, 6.45) is 0. The zero-order chi connectivity index (χ0) is 24.1. The molecule has 0 bridgehead atoms. The molecule has 0 spiro atoms. The first-order valence-electron chi connectivity index (χ1n) is 10.8. The highest BCUT2D eigenvalue weighted by molar-refractivity contribution is 8.00. The van der Waals surface area contributed by atoms with Crippen LogP contribution < -0.4 is 10.1 Å². The lowest BCUT2D eigenvalue weighted by atomic mass is 10.1. The lowest BCUT2D eigenvalue weighted by Crippen LogP contribution is -2.28. The highest BCUT2D eigenvalue weighted by Gasteiger charge is 2.32. The lowest BCUT2D eigenvalue weighted by Gasteiger charge is -2.24. The highest BCUT2D eigenvalue weighted by atomic mass is 35.5. The number of halogens is 2. The number of carbonyl (C=O) groups is 2. The minimum atomic E-state index is -0.176. The summed E-state index contributed by atoms with van der Waals surface area (Å²) >= 11 is 13.7. The van der Waals surface area contributed by atoms with Gasteiger partial charge < -0.3 is 15.0 Å². The number of nitrogens with zero attached hydrogens (tertiary/aromatic N) is 1. The minimum Gasteiger partial charge on any atom is -0.492 e. The molecule has 3 aromatic rings. The zero-order valence-corrected chi connectivity index (χ0v) is 20.9. The average molecular weight is 515 g/mol. The largest absolute Gasteiger partial charge is 0.492 e. The Morgan fingerprint density at radius 1 is 1.09 bits per heavy atom. The van der Waals surface area contributed by atoms with Crippen LogP contribution in [0, 0.1) is 6.92 Å². The van der Waals surface area contributed by atoms with E-state index >= 15 is 0 Å². The zero-order valence-electron chi connectivity index (χ0n) is 18.6. The third-order valence-corrected chi connectivity index (χ3v) is 7.41. The van der Waals surface area contributed by atoms with E-state index in [1.54, 1.807) is 30.0 Å². The van der Waals surface area contributed by atoms with E-state index in [-0.39, 0.29) is 17.2 Å². The van der Waals surface area contributed by atoms with E-state index in [4.69, 9.17) is 27.9 Å². The number of ether oxygens (including phenoxy) is 1. The van der Waals surface area contributed by atoms with Crippen LogP contribution in [0.25, 0.3) is 0 Å². The van der Waals surface area contributed by atoms with Gasteiger partial charge in [0.1, 0.15) is 17.7 Å². The number of hydrogen-bond acceptors (Lipinski definition) is 4. The maximum atomic E-state index is 12.5. The monoisotopic (exact) mass is 514 g/mol. The fourth-order valence-electron chi connectivity index (χ4n) is 3.59. The van der Waals surface area contributed by atoms with E-state index in [2.05, 4.69) is 5.32 Å². The van der Waals surface area contributed by atoms with Gasteiger partial charge in [0, 0.05) is 22.2 Å². The summed E-state index contributed by atoms with van der Waals surface area (Å²) in [5, 5.41) is 4.09. The van der Waals surface area contributed by atoms with Crippen LogP contribution in [0.4, 0.5) is 0 Å². The van der Waals surface area contributed by atoms with Gasteiger partial charge in [0.05, 0.1) is 12.3 Å². The van der Waals surface area contributed by atoms with Crippen molar-refractivity contribution in [1.82, 2.24) is 10.2 Å². The number of rotatable bonds is 8. The fourth-order valence-corrected chi connectivity index (χ4v) is 5.07. The molecular weight excluding hydrogens is 491 g/mol. The van der Waals surface area contributed by atoms with Gasteiger partial charge in [-0.3, -0.25) is 9.59 Å². The lowest BCUT2D eigenvalue weighted by molar-refractivity contribution is -0.128. The summed E-state index contributed by atoms with van der Waals surface area (Å²) in [5.74, 6) is 1.03. The van der Waals surface area contributed by atoms with Gasteiger partial charge in [0.15, 0.2) is 0 Å². The summed E-state index contributed by atoms with van der Waals surface area (Å²) in [6, 6.07) is 20.4. The summed E-state index contributed by atoms with van der Waals surface area (Å²) in [4.78, 5) is 26.8. The molecule has 0 saturated carbocycles. The molecule has 1 atom stereocenters. The minimum absolute atomic E-state index is 0.0879. The molecule has 0 aromatic heterocycles. The Balaban J connectivity index is 1.31. The predicted molar refractivity (Wildman–Crippen MR) is 138 cm³/mol. The van der Waals surface area contributed by atoms with Crippen molar-refractivity contribution in [3.63, 3.8) is 0 Å². The van der Waals surface area contributed by atoms with E-state index in [0.717, 1.165) is 16.7 Å². The van der Waals surface area contributed by atoms with Crippen molar-refractivity contribution in [2.45, 2.75) is 18.8 Å². The topological polar surface area (TPSA) is 58.6 Å². The molecule has 0 radical (unpaired) electrons. The second-order valence-electron chi connectivity index (χ2n) is 7.95. The van der Waals surface area contributed by atoms with Crippen molar-refractivity contribution in [3.05, 3.63) is 99.0 Å². The predicted octanol–water partition coefficient (Wildman–Crippen LogP) is 5.88. The van der Waals surface area contributed by atoms with Crippen molar-refractivity contribution < 1.29 is 14.3 Å². The first-order valence-corrected chi connectivity index (χ1v) is 12.6. The molecule has 8 heteroatoms. The normalized spacial score (nSPS) is 15.4. The van der Waals surface area contributed by atoms with Gasteiger partial charge in [-0.05, 0) is 60.0 Å². The van der Waals surface area contributed by atoms with E-state index in [0.29, 0.717) is 46.8 Å². The molecule has 34 heavy (non-hydrogen) atoms. The van der Waals surface area contributed by atoms with Crippen LogP contribution in [-0.2, 0) is 11.3 Å². The van der Waals surface area contributed by atoms with Crippen LogP contribution in [0.15, 0.2) is 66.7 Å². The number of nitrogens with one attached hydrogen (secondary N) is 1. The second-order valence-corrected chi connectivity index (χ2v) is 9.86. The average Bonchev–Trinajstić information content (AvgIpc) is 3.20. The Bertz CT molecular complexity index is 1170. The van der Waals surface area contributed by atoms with E-state index in [1.165, 1.54) is 0 Å². The summed E-state index contributed by atoms with van der Waals surface area (Å²) in [7, 11) is 0. The Morgan fingerprint density at radius 3 is 2.53 bits per heavy atom. The standard InChI is InChI=1S/C26H24Cl2N2O3S/c1-17-2-11-22(14-23(17)28)33-13-12-29-25(32)19-5-7-20(8-6-19)26-30(24(31)16-34-26)15-18-3-9-21(27)10-4-18/h2-11,14,26H,12-13,15-16H2,1H3,(H,29,32)/t26-/m1/s1. The molecule has 1 N–H and O–H groups in total. The fraction of sp³-hybridized carbons (Fsp3) is 0.231. The van der Waals surface area contributed by atoms with Crippen LogP contribution in [-0.4, -0.2) is 35.6 Å². The van der Waals surface area contributed by atoms with Crippen molar-refractivity contribution in [2.75, 3.05) is 18.9 Å². The molecule has 1 aliphatic heterocycles. The molecule has 5 nitrogen and oxygen atoms in total. The first-order chi connectivity index (χ1) is 16.4. The summed E-state index contributed by atoms with van der Waals surface area (Å²) in [5.41, 5.74) is 3.55. The third kappa shape index (κ3) is 6.06. The maximum absolute atomic E-state index is 12.5. The Labute approximate surface area is 213 Å². The first kappa shape index (κ1) is 24.5. The highest BCUT2D eigenvalue weighted by Crippen LogP contribution is 2.39. The van der Waals surface area contributed by atoms with E-state index in [1.807, 2.05) is 60.4 Å². The molecule has 4 rings (SSSR count). The number of thioether (sulfide) groups is 1. The number of aryl methyl sites for hydroxylation is 1. The maximum Gasteiger partial charge on any atom is 0.251 e. The summed E-state index contributed by atoms with van der Waals surface area (Å²) in [6.45, 7) is 3.15. The van der Waals surface area contributed by atoms with Gasteiger partial charge in [-0.2, -0.15) is 0 Å². The number of hydrogen-bond donors (Lipinski definition) is 1. The molecule has 1 heterocycles. The molecular formula is C26H24Cl2N2O3S. The van der Waals surface area contributed by atoms with Crippen LogP contribution >= 0.6 is 35.0 Å². The Morgan fingerprint density at radius 2 is 1.82 bits per heavy atom. The number of benzene rings is 3. The SMILES string of the molecule is Cc1ccc(OCCNC(=O)c2ccc([C@H]3SCC(=O)N3Cc3ccc(Cl)cc3)cc2)cc1Cl. The van der Waals surface area contributed by atoms with Gasteiger partial charge in [-0.25, -0.2) is 0 Å². The summed E-state index contributed by atoms with van der Waals surface area (Å²) < 4.78 is 5.65. The third-order valence-electron chi connectivity index (χ3n) is 5.49. The van der Waals surface area contributed by atoms with Crippen molar-refractivity contribution in [1.29, 1.82) is 0 Å². The molecule has 0 aliphatic carbocycles. The van der Waals surface area contributed by atoms with Crippen LogP contribution in [0.2, 0.25) is 10.0 Å². The molecule has 3 aromatic carbocycles. The van der Waals surface area contributed by atoms with E-state index < -0.39 is 0 Å². The van der Waals surface area contributed by atoms with Gasteiger partial charge in [0.25, 0.3) is 5.91 Å². The van der Waals surface area contributed by atoms with Crippen LogP contribution in [0.1, 0.15) is 32.4 Å². The second kappa shape index (κ2) is 11.2. The van der Waals surface area contributed by atoms with Gasteiger partial charge in [-0.1, -0.05) is 53.5 Å². The Hall–Kier alpha value is -2.67. The molecule has 1 saturated heterocycles. The molecule has 1 aliphatic rings. The van der Waals surface area contributed by atoms with E-state index in [9.17, 15) is 9.59 Å². The quantitative estimate of drug-likeness (QED) is 0.381. The van der Waals surface area contributed by atoms with Gasteiger partial charge in [-0.15, -0.1) is 11.8 Å². The van der Waals surface area contributed by atoms with Crippen molar-refractivity contribution >= 4 is 46.8 Å². The van der Waals surface area contributed by atoms with Gasteiger partial charge >= 0.3 is 0 Å². The number of carbonyl (C=O) groups excluding carboxylic acids is 2. The van der Waals surface area contributed by atoms with Crippen LogP contribution in [0.3, 0.4) is 0 Å². The smallest absolute Gasteiger partial charge is 0.251 e. The Kier molecular flexibility index (Phi) is 8.03. The molecule has 1 fully saturated rings. The van der Waals surface area contributed by atoms with Gasteiger partial charge in [0.2, 0.25) is 5.91 Å². The molecule has 176 valence electrons. The molecule has 2 amide bonds. The van der Waals surface area contributed by atoms with Crippen molar-refractivity contribution in [2.24, 2.45) is 0 Å².